The highest BCUT2D eigenvalue weighted by atomic mass is 16.2. The van der Waals surface area contributed by atoms with E-state index in [2.05, 4.69) is 5.43 Å². The van der Waals surface area contributed by atoms with Crippen LogP contribution < -0.4 is 5.43 Å². The fourth-order valence-corrected chi connectivity index (χ4v) is 1.61. The molecule has 1 amide bonds. The van der Waals surface area contributed by atoms with Crippen molar-refractivity contribution in [1.29, 1.82) is 0 Å². The number of nitrogens with one attached hydrogen (secondary N) is 1. The zero-order chi connectivity index (χ0) is 9.80. The molecule has 2 rings (SSSR count). The molecule has 0 atom stereocenters. The molecule has 1 aromatic rings. The van der Waals surface area contributed by atoms with Gasteiger partial charge in [-0.05, 0) is 12.0 Å². The molecule has 14 heavy (non-hydrogen) atoms. The lowest BCUT2D eigenvalue weighted by Gasteiger charge is -2.15. The molecule has 0 saturated carbocycles. The van der Waals surface area contributed by atoms with Gasteiger partial charge in [0.15, 0.2) is 0 Å². The largest absolute Gasteiger partial charge is 0.278 e. The van der Waals surface area contributed by atoms with Crippen LogP contribution in [-0.4, -0.2) is 24.0 Å². The van der Waals surface area contributed by atoms with Gasteiger partial charge in [0.25, 0.3) is 0 Å². The summed E-state index contributed by atoms with van der Waals surface area (Å²) in [6, 6.07) is 9.84. The lowest BCUT2D eigenvalue weighted by atomic mass is 10.1. The summed E-state index contributed by atoms with van der Waals surface area (Å²) in [7, 11) is 0. The number of carbonyl (C=O) groups excluding carboxylic acids is 1. The molecule has 1 aliphatic heterocycles. The van der Waals surface area contributed by atoms with Gasteiger partial charge in [-0.2, -0.15) is 0 Å². The molecular formula is C11H14N2O. The third kappa shape index (κ3) is 2.12. The second-order valence-electron chi connectivity index (χ2n) is 3.47. The summed E-state index contributed by atoms with van der Waals surface area (Å²) in [6.45, 7) is 1.76. The van der Waals surface area contributed by atoms with Gasteiger partial charge in [0.05, 0.1) is 6.42 Å². The lowest BCUT2D eigenvalue weighted by Crippen LogP contribution is -2.37. The summed E-state index contributed by atoms with van der Waals surface area (Å²) in [5, 5.41) is 1.72. The van der Waals surface area contributed by atoms with Crippen molar-refractivity contribution in [2.75, 3.05) is 13.1 Å². The molecule has 0 aromatic heterocycles. The maximum Gasteiger partial charge on any atom is 0.241 e. The van der Waals surface area contributed by atoms with Crippen molar-refractivity contribution in [3.63, 3.8) is 0 Å². The number of hydrogen-bond donors (Lipinski definition) is 1. The molecule has 1 saturated heterocycles. The number of hydrogen-bond acceptors (Lipinski definition) is 2. The van der Waals surface area contributed by atoms with Gasteiger partial charge >= 0.3 is 0 Å². The van der Waals surface area contributed by atoms with E-state index >= 15 is 0 Å². The first kappa shape index (κ1) is 9.21. The Morgan fingerprint density at radius 2 is 2.14 bits per heavy atom. The van der Waals surface area contributed by atoms with Crippen molar-refractivity contribution in [3.05, 3.63) is 35.9 Å². The fourth-order valence-electron chi connectivity index (χ4n) is 1.61. The smallest absolute Gasteiger partial charge is 0.241 e. The monoisotopic (exact) mass is 190 g/mol. The lowest BCUT2D eigenvalue weighted by molar-refractivity contribution is -0.131. The Kier molecular flexibility index (Phi) is 2.79. The SMILES string of the molecule is O=C(Cc1ccccc1)N1CCCN1. The van der Waals surface area contributed by atoms with Gasteiger partial charge in [-0.1, -0.05) is 30.3 Å². The molecule has 0 unspecified atom stereocenters. The van der Waals surface area contributed by atoms with E-state index in [1.54, 1.807) is 5.01 Å². The number of carbonyl (C=O) groups is 1. The second kappa shape index (κ2) is 4.24. The summed E-state index contributed by atoms with van der Waals surface area (Å²) in [5.74, 6) is 0.161. The van der Waals surface area contributed by atoms with E-state index in [1.165, 1.54) is 0 Å². The highest BCUT2D eigenvalue weighted by Gasteiger charge is 2.17. The van der Waals surface area contributed by atoms with E-state index in [9.17, 15) is 4.79 Å². The van der Waals surface area contributed by atoms with Crippen LogP contribution in [0.15, 0.2) is 30.3 Å². The molecule has 0 bridgehead atoms. The van der Waals surface area contributed by atoms with Crippen molar-refractivity contribution in [2.24, 2.45) is 0 Å². The average molecular weight is 190 g/mol. The predicted octanol–water partition coefficient (Wildman–Crippen LogP) is 0.966. The van der Waals surface area contributed by atoms with Gasteiger partial charge in [0, 0.05) is 13.1 Å². The minimum atomic E-state index is 0.161. The molecule has 0 aliphatic carbocycles. The average Bonchev–Trinajstić information content (AvgIpc) is 2.72. The molecule has 1 fully saturated rings. The van der Waals surface area contributed by atoms with Crippen molar-refractivity contribution in [2.45, 2.75) is 12.8 Å². The zero-order valence-electron chi connectivity index (χ0n) is 8.07. The molecule has 0 spiro atoms. The van der Waals surface area contributed by atoms with Crippen LogP contribution in [0.4, 0.5) is 0 Å². The maximum absolute atomic E-state index is 11.7. The van der Waals surface area contributed by atoms with Crippen molar-refractivity contribution in [1.82, 2.24) is 10.4 Å². The van der Waals surface area contributed by atoms with E-state index in [0.29, 0.717) is 6.42 Å². The van der Waals surface area contributed by atoms with E-state index < -0.39 is 0 Å². The fraction of sp³-hybridized carbons (Fsp3) is 0.364. The summed E-state index contributed by atoms with van der Waals surface area (Å²) < 4.78 is 0. The summed E-state index contributed by atoms with van der Waals surface area (Å²) >= 11 is 0. The Morgan fingerprint density at radius 1 is 1.36 bits per heavy atom. The van der Waals surface area contributed by atoms with Gasteiger partial charge in [-0.15, -0.1) is 0 Å². The Balaban J connectivity index is 1.94. The Bertz CT molecular complexity index is 304. The van der Waals surface area contributed by atoms with Crippen LogP contribution in [-0.2, 0) is 11.2 Å². The Labute approximate surface area is 83.7 Å². The number of hydrazine groups is 1. The Morgan fingerprint density at radius 3 is 2.79 bits per heavy atom. The van der Waals surface area contributed by atoms with Crippen molar-refractivity contribution >= 4 is 5.91 Å². The van der Waals surface area contributed by atoms with Crippen molar-refractivity contribution < 1.29 is 4.79 Å². The van der Waals surface area contributed by atoms with Crippen LogP contribution >= 0.6 is 0 Å². The second-order valence-corrected chi connectivity index (χ2v) is 3.47. The van der Waals surface area contributed by atoms with Crippen LogP contribution in [0.1, 0.15) is 12.0 Å². The van der Waals surface area contributed by atoms with E-state index in [0.717, 1.165) is 25.1 Å². The first-order chi connectivity index (χ1) is 6.86. The van der Waals surface area contributed by atoms with Crippen LogP contribution in [0.25, 0.3) is 0 Å². The normalized spacial score (nSPS) is 15.9. The quantitative estimate of drug-likeness (QED) is 0.753. The molecule has 1 aromatic carbocycles. The molecular weight excluding hydrogens is 176 g/mol. The highest BCUT2D eigenvalue weighted by Crippen LogP contribution is 2.04. The molecule has 0 radical (unpaired) electrons. The van der Waals surface area contributed by atoms with Gasteiger partial charge in [0.1, 0.15) is 0 Å². The molecule has 1 N–H and O–H groups in total. The predicted molar refractivity (Wildman–Crippen MR) is 54.5 cm³/mol. The maximum atomic E-state index is 11.7. The topological polar surface area (TPSA) is 32.3 Å². The van der Waals surface area contributed by atoms with E-state index in [1.807, 2.05) is 30.3 Å². The van der Waals surface area contributed by atoms with Crippen LogP contribution in [0.3, 0.4) is 0 Å². The highest BCUT2D eigenvalue weighted by molar-refractivity contribution is 5.78. The standard InChI is InChI=1S/C11H14N2O/c14-11(13-8-4-7-12-13)9-10-5-2-1-3-6-10/h1-3,5-6,12H,4,7-9H2. The third-order valence-corrected chi connectivity index (χ3v) is 2.36. The van der Waals surface area contributed by atoms with Gasteiger partial charge in [0.2, 0.25) is 5.91 Å². The molecule has 1 aliphatic rings. The number of amides is 1. The summed E-state index contributed by atoms with van der Waals surface area (Å²) in [6.07, 6.45) is 1.55. The minimum Gasteiger partial charge on any atom is -0.278 e. The van der Waals surface area contributed by atoms with Gasteiger partial charge in [-0.3, -0.25) is 9.80 Å². The number of nitrogens with zero attached hydrogens (tertiary/aromatic N) is 1. The molecule has 3 nitrogen and oxygen atoms in total. The molecule has 74 valence electrons. The van der Waals surface area contributed by atoms with Crippen LogP contribution in [0.2, 0.25) is 0 Å². The van der Waals surface area contributed by atoms with E-state index in [-0.39, 0.29) is 5.91 Å². The number of benzene rings is 1. The zero-order valence-corrected chi connectivity index (χ0v) is 8.07. The molecule has 3 heteroatoms. The first-order valence-corrected chi connectivity index (χ1v) is 4.94. The number of rotatable bonds is 2. The summed E-state index contributed by atoms with van der Waals surface area (Å²) in [4.78, 5) is 11.7. The first-order valence-electron chi connectivity index (χ1n) is 4.94. The van der Waals surface area contributed by atoms with Crippen LogP contribution in [0, 0.1) is 0 Å². The van der Waals surface area contributed by atoms with Gasteiger partial charge in [-0.25, -0.2) is 5.43 Å². The van der Waals surface area contributed by atoms with Gasteiger partial charge < -0.3 is 0 Å². The Hall–Kier alpha value is -1.35. The minimum absolute atomic E-state index is 0.161. The summed E-state index contributed by atoms with van der Waals surface area (Å²) in [5.41, 5.74) is 4.14. The molecule has 1 heterocycles. The third-order valence-electron chi connectivity index (χ3n) is 2.36. The van der Waals surface area contributed by atoms with E-state index in [4.69, 9.17) is 0 Å². The van der Waals surface area contributed by atoms with Crippen molar-refractivity contribution in [3.8, 4) is 0 Å². The van der Waals surface area contributed by atoms with Crippen LogP contribution in [0.5, 0.6) is 0 Å².